The number of hydrogen-bond acceptors (Lipinski definition) is 4. The molecule has 0 radical (unpaired) electrons. The molecule has 0 atom stereocenters. The topological polar surface area (TPSA) is 88.4 Å². The molecule has 0 unspecified atom stereocenters. The summed E-state index contributed by atoms with van der Waals surface area (Å²) in [6, 6.07) is 9.19. The van der Waals surface area contributed by atoms with Crippen LogP contribution in [0.15, 0.2) is 52.0 Å². The van der Waals surface area contributed by atoms with E-state index < -0.39 is 10.0 Å². The predicted molar refractivity (Wildman–Crippen MR) is 86.3 cm³/mol. The minimum absolute atomic E-state index is 0.0754. The second-order valence-electron chi connectivity index (χ2n) is 5.53. The normalized spacial score (nSPS) is 11.6. The summed E-state index contributed by atoms with van der Waals surface area (Å²) in [5.41, 5.74) is 0.427. The van der Waals surface area contributed by atoms with Gasteiger partial charge in [-0.25, -0.2) is 13.1 Å². The zero-order valence-electron chi connectivity index (χ0n) is 13.1. The number of carbonyl (C=O) groups is 1. The van der Waals surface area contributed by atoms with E-state index in [4.69, 9.17) is 4.42 Å². The number of furan rings is 1. The molecule has 0 spiro atoms. The van der Waals surface area contributed by atoms with Crippen molar-refractivity contribution >= 4 is 15.9 Å². The van der Waals surface area contributed by atoms with E-state index in [0.29, 0.717) is 23.8 Å². The van der Waals surface area contributed by atoms with Crippen molar-refractivity contribution in [1.29, 1.82) is 0 Å². The first-order valence-electron chi connectivity index (χ1n) is 7.29. The SMILES string of the molecule is CC(C)CNC(=O)c1ccc(S(=O)(=O)NCc2ccco2)cc1. The van der Waals surface area contributed by atoms with E-state index in [1.807, 2.05) is 13.8 Å². The van der Waals surface area contributed by atoms with Crippen LogP contribution in [0.2, 0.25) is 0 Å². The summed E-state index contributed by atoms with van der Waals surface area (Å²) in [6.45, 7) is 4.65. The van der Waals surface area contributed by atoms with Crippen molar-refractivity contribution in [2.45, 2.75) is 25.3 Å². The number of carbonyl (C=O) groups excluding carboxylic acids is 1. The van der Waals surface area contributed by atoms with E-state index >= 15 is 0 Å². The highest BCUT2D eigenvalue weighted by molar-refractivity contribution is 7.89. The molecule has 1 amide bonds. The monoisotopic (exact) mass is 336 g/mol. The van der Waals surface area contributed by atoms with Crippen LogP contribution in [0.25, 0.3) is 0 Å². The molecular formula is C16H20N2O4S. The van der Waals surface area contributed by atoms with Gasteiger partial charge in [-0.05, 0) is 42.3 Å². The van der Waals surface area contributed by atoms with E-state index in [2.05, 4.69) is 10.0 Å². The van der Waals surface area contributed by atoms with Crippen LogP contribution in [0.3, 0.4) is 0 Å². The molecule has 1 heterocycles. The summed E-state index contributed by atoms with van der Waals surface area (Å²) >= 11 is 0. The lowest BCUT2D eigenvalue weighted by atomic mass is 10.2. The summed E-state index contributed by atoms with van der Waals surface area (Å²) in [6.07, 6.45) is 1.48. The molecule has 0 aliphatic rings. The molecule has 0 saturated carbocycles. The van der Waals surface area contributed by atoms with Crippen LogP contribution in [0.1, 0.15) is 30.0 Å². The van der Waals surface area contributed by atoms with Gasteiger partial charge in [-0.15, -0.1) is 0 Å². The minimum atomic E-state index is -3.65. The molecule has 2 rings (SSSR count). The lowest BCUT2D eigenvalue weighted by Crippen LogP contribution is -2.27. The molecule has 6 nitrogen and oxygen atoms in total. The fourth-order valence-electron chi connectivity index (χ4n) is 1.85. The Morgan fingerprint density at radius 2 is 1.87 bits per heavy atom. The van der Waals surface area contributed by atoms with E-state index in [1.54, 1.807) is 12.1 Å². The molecule has 2 aromatic rings. The number of amides is 1. The molecule has 1 aromatic heterocycles. The van der Waals surface area contributed by atoms with Crippen LogP contribution in [0.4, 0.5) is 0 Å². The van der Waals surface area contributed by atoms with Gasteiger partial charge >= 0.3 is 0 Å². The molecule has 23 heavy (non-hydrogen) atoms. The highest BCUT2D eigenvalue weighted by Gasteiger charge is 2.15. The average Bonchev–Trinajstić information content (AvgIpc) is 3.04. The van der Waals surface area contributed by atoms with Crippen molar-refractivity contribution in [3.63, 3.8) is 0 Å². The van der Waals surface area contributed by atoms with E-state index in [0.717, 1.165) is 0 Å². The Morgan fingerprint density at radius 1 is 1.17 bits per heavy atom. The van der Waals surface area contributed by atoms with E-state index in [-0.39, 0.29) is 17.3 Å². The van der Waals surface area contributed by atoms with E-state index in [9.17, 15) is 13.2 Å². The molecule has 0 saturated heterocycles. The van der Waals surface area contributed by atoms with Gasteiger partial charge in [0.15, 0.2) is 0 Å². The Hall–Kier alpha value is -2.12. The molecule has 7 heteroatoms. The third-order valence-corrected chi connectivity index (χ3v) is 4.53. The largest absolute Gasteiger partial charge is 0.468 e. The molecule has 0 aliphatic carbocycles. The van der Waals surface area contributed by atoms with Crippen molar-refractivity contribution in [2.75, 3.05) is 6.54 Å². The molecule has 2 N–H and O–H groups in total. The van der Waals surface area contributed by atoms with Gasteiger partial charge in [0, 0.05) is 12.1 Å². The summed E-state index contributed by atoms with van der Waals surface area (Å²) < 4.78 is 31.9. The maximum absolute atomic E-state index is 12.2. The molecular weight excluding hydrogens is 316 g/mol. The Balaban J connectivity index is 2.01. The lowest BCUT2D eigenvalue weighted by Gasteiger charge is -2.09. The van der Waals surface area contributed by atoms with Gasteiger partial charge in [0.1, 0.15) is 5.76 Å². The van der Waals surface area contributed by atoms with Gasteiger partial charge in [0.2, 0.25) is 10.0 Å². The fraction of sp³-hybridized carbons (Fsp3) is 0.312. The number of rotatable bonds is 7. The zero-order valence-corrected chi connectivity index (χ0v) is 13.9. The Labute approximate surface area is 135 Å². The number of sulfonamides is 1. The lowest BCUT2D eigenvalue weighted by molar-refractivity contribution is 0.0949. The van der Waals surface area contributed by atoms with Crippen molar-refractivity contribution < 1.29 is 17.6 Å². The summed E-state index contributed by atoms with van der Waals surface area (Å²) in [5, 5.41) is 2.78. The van der Waals surface area contributed by atoms with Crippen LogP contribution < -0.4 is 10.0 Å². The predicted octanol–water partition coefficient (Wildman–Crippen LogP) is 2.14. The number of hydrogen-bond donors (Lipinski definition) is 2. The molecule has 124 valence electrons. The van der Waals surface area contributed by atoms with Gasteiger partial charge in [-0.1, -0.05) is 13.8 Å². The third-order valence-electron chi connectivity index (χ3n) is 3.11. The molecule has 1 aromatic carbocycles. The minimum Gasteiger partial charge on any atom is -0.468 e. The van der Waals surface area contributed by atoms with Crippen LogP contribution in [0, 0.1) is 5.92 Å². The van der Waals surface area contributed by atoms with Gasteiger partial charge in [0.25, 0.3) is 5.91 Å². The van der Waals surface area contributed by atoms with Crippen molar-refractivity contribution in [3.05, 3.63) is 54.0 Å². The maximum atomic E-state index is 12.2. The van der Waals surface area contributed by atoms with Crippen molar-refractivity contribution in [2.24, 2.45) is 5.92 Å². The van der Waals surface area contributed by atoms with Gasteiger partial charge in [0.05, 0.1) is 17.7 Å². The quantitative estimate of drug-likeness (QED) is 0.811. The first kappa shape index (κ1) is 17.2. The smallest absolute Gasteiger partial charge is 0.251 e. The maximum Gasteiger partial charge on any atom is 0.251 e. The van der Waals surface area contributed by atoms with Crippen LogP contribution in [-0.2, 0) is 16.6 Å². The van der Waals surface area contributed by atoms with Crippen LogP contribution in [-0.4, -0.2) is 20.9 Å². The number of benzene rings is 1. The average molecular weight is 336 g/mol. The van der Waals surface area contributed by atoms with E-state index in [1.165, 1.54) is 30.5 Å². The molecule has 0 fully saturated rings. The Morgan fingerprint density at radius 3 is 2.43 bits per heavy atom. The Kier molecular flexibility index (Phi) is 5.57. The fourth-order valence-corrected chi connectivity index (χ4v) is 2.84. The highest BCUT2D eigenvalue weighted by Crippen LogP contribution is 2.12. The van der Waals surface area contributed by atoms with Gasteiger partial charge in [-0.3, -0.25) is 4.79 Å². The first-order chi connectivity index (χ1) is 10.9. The highest BCUT2D eigenvalue weighted by atomic mass is 32.2. The first-order valence-corrected chi connectivity index (χ1v) is 8.77. The summed E-state index contributed by atoms with van der Waals surface area (Å²) in [7, 11) is -3.65. The Bertz CT molecular complexity index is 735. The van der Waals surface area contributed by atoms with Gasteiger partial charge in [-0.2, -0.15) is 0 Å². The molecule has 0 bridgehead atoms. The standard InChI is InChI=1S/C16H20N2O4S/c1-12(2)10-17-16(19)13-5-7-15(8-6-13)23(20,21)18-11-14-4-3-9-22-14/h3-9,12,18H,10-11H2,1-2H3,(H,17,19). The van der Waals surface area contributed by atoms with Crippen molar-refractivity contribution in [3.8, 4) is 0 Å². The summed E-state index contributed by atoms with van der Waals surface area (Å²) in [4.78, 5) is 12.0. The van der Waals surface area contributed by atoms with Crippen LogP contribution in [0.5, 0.6) is 0 Å². The molecule has 0 aliphatic heterocycles. The van der Waals surface area contributed by atoms with Crippen molar-refractivity contribution in [1.82, 2.24) is 10.0 Å². The second kappa shape index (κ2) is 7.43. The van der Waals surface area contributed by atoms with Gasteiger partial charge < -0.3 is 9.73 Å². The third kappa shape index (κ3) is 4.94. The zero-order chi connectivity index (χ0) is 16.9. The summed E-state index contributed by atoms with van der Waals surface area (Å²) in [5.74, 6) is 0.661. The second-order valence-corrected chi connectivity index (χ2v) is 7.30. The number of nitrogens with one attached hydrogen (secondary N) is 2. The van der Waals surface area contributed by atoms with Crippen LogP contribution >= 0.6 is 0 Å².